The SMILES string of the molecule is Cc1cccc(NC(=O)NC2C3CCN(CC3)C2Cc2cccnc2)c1. The number of fused-ring (bicyclic) bond motifs is 3. The average molecular weight is 350 g/mol. The molecule has 0 saturated carbocycles. The lowest BCUT2D eigenvalue weighted by atomic mass is 9.77. The standard InChI is InChI=1S/C21H26N4O/c1-15-4-2-6-18(12-15)23-21(26)24-20-17-7-10-25(11-8-17)19(20)13-16-5-3-9-22-14-16/h2-6,9,12,14,17,19-20H,7-8,10-11,13H2,1H3,(H2,23,24,26). The van der Waals surface area contributed by atoms with E-state index in [1.807, 2.05) is 49.6 Å². The van der Waals surface area contributed by atoms with Gasteiger partial charge in [-0.05, 0) is 74.5 Å². The van der Waals surface area contributed by atoms with Crippen molar-refractivity contribution in [2.75, 3.05) is 18.4 Å². The van der Waals surface area contributed by atoms with Crippen LogP contribution in [0.15, 0.2) is 48.8 Å². The third-order valence-electron chi connectivity index (χ3n) is 5.71. The van der Waals surface area contributed by atoms with E-state index in [2.05, 4.69) is 26.6 Å². The number of carbonyl (C=O) groups is 1. The highest BCUT2D eigenvalue weighted by Crippen LogP contribution is 2.34. The Hall–Kier alpha value is -2.40. The van der Waals surface area contributed by atoms with Crippen molar-refractivity contribution in [3.8, 4) is 0 Å². The van der Waals surface area contributed by atoms with Gasteiger partial charge in [0.15, 0.2) is 0 Å². The molecule has 2 amide bonds. The molecule has 4 heterocycles. The first-order chi connectivity index (χ1) is 12.7. The third-order valence-corrected chi connectivity index (χ3v) is 5.71. The molecule has 2 unspecified atom stereocenters. The molecule has 1 aromatic heterocycles. The first kappa shape index (κ1) is 17.0. The van der Waals surface area contributed by atoms with Crippen molar-refractivity contribution in [1.82, 2.24) is 15.2 Å². The monoisotopic (exact) mass is 350 g/mol. The number of nitrogens with one attached hydrogen (secondary N) is 2. The minimum atomic E-state index is -0.106. The van der Waals surface area contributed by atoms with Gasteiger partial charge in [0.2, 0.25) is 0 Å². The summed E-state index contributed by atoms with van der Waals surface area (Å²) in [6.07, 6.45) is 7.01. The van der Waals surface area contributed by atoms with Gasteiger partial charge in [0, 0.05) is 30.2 Å². The summed E-state index contributed by atoms with van der Waals surface area (Å²) in [4.78, 5) is 19.4. The number of carbonyl (C=O) groups excluding carboxylic acids is 1. The van der Waals surface area contributed by atoms with E-state index in [1.54, 1.807) is 0 Å². The molecular weight excluding hydrogens is 324 g/mol. The molecule has 1 aromatic carbocycles. The zero-order chi connectivity index (χ0) is 17.9. The van der Waals surface area contributed by atoms with E-state index in [4.69, 9.17) is 0 Å². The van der Waals surface area contributed by atoms with Crippen LogP contribution in [0.5, 0.6) is 0 Å². The molecule has 0 radical (unpaired) electrons. The number of benzene rings is 1. The smallest absolute Gasteiger partial charge is 0.319 e. The lowest BCUT2D eigenvalue weighted by molar-refractivity contribution is 0.0184. The number of anilines is 1. The maximum absolute atomic E-state index is 12.6. The van der Waals surface area contributed by atoms with Gasteiger partial charge in [-0.3, -0.25) is 9.88 Å². The molecule has 2 N–H and O–H groups in total. The summed E-state index contributed by atoms with van der Waals surface area (Å²) in [7, 11) is 0. The van der Waals surface area contributed by atoms with Crippen LogP contribution < -0.4 is 10.6 Å². The van der Waals surface area contributed by atoms with Crippen molar-refractivity contribution in [2.24, 2.45) is 5.92 Å². The Bertz CT molecular complexity index is 756. The molecule has 2 atom stereocenters. The number of amides is 2. The topological polar surface area (TPSA) is 57.3 Å². The highest BCUT2D eigenvalue weighted by molar-refractivity contribution is 5.89. The van der Waals surface area contributed by atoms with E-state index in [0.29, 0.717) is 12.0 Å². The lowest BCUT2D eigenvalue weighted by Crippen LogP contribution is -2.64. The van der Waals surface area contributed by atoms with E-state index >= 15 is 0 Å². The minimum Gasteiger partial charge on any atom is -0.333 e. The van der Waals surface area contributed by atoms with Crippen molar-refractivity contribution < 1.29 is 4.79 Å². The van der Waals surface area contributed by atoms with Crippen LogP contribution in [0.2, 0.25) is 0 Å². The third kappa shape index (κ3) is 3.73. The molecule has 26 heavy (non-hydrogen) atoms. The number of nitrogens with zero attached hydrogens (tertiary/aromatic N) is 2. The summed E-state index contributed by atoms with van der Waals surface area (Å²) in [6, 6.07) is 12.4. The first-order valence-electron chi connectivity index (χ1n) is 9.46. The van der Waals surface area contributed by atoms with Crippen molar-refractivity contribution in [1.29, 1.82) is 0 Å². The fourth-order valence-electron chi connectivity index (χ4n) is 4.42. The van der Waals surface area contributed by atoms with E-state index in [9.17, 15) is 4.79 Å². The van der Waals surface area contributed by atoms with Crippen molar-refractivity contribution >= 4 is 11.7 Å². The molecule has 136 valence electrons. The van der Waals surface area contributed by atoms with Gasteiger partial charge in [-0.1, -0.05) is 18.2 Å². The molecular formula is C21H26N4O. The van der Waals surface area contributed by atoms with Crippen LogP contribution in [0.1, 0.15) is 24.0 Å². The number of pyridine rings is 1. The number of piperidine rings is 3. The second kappa shape index (κ2) is 7.46. The molecule has 3 saturated heterocycles. The summed E-state index contributed by atoms with van der Waals surface area (Å²) in [5.41, 5.74) is 3.21. The summed E-state index contributed by atoms with van der Waals surface area (Å²) >= 11 is 0. The number of aryl methyl sites for hydroxylation is 1. The Labute approximate surface area is 154 Å². The fourth-order valence-corrected chi connectivity index (χ4v) is 4.42. The van der Waals surface area contributed by atoms with Crippen LogP contribution in [-0.4, -0.2) is 41.1 Å². The summed E-state index contributed by atoms with van der Waals surface area (Å²) in [6.45, 7) is 4.29. The van der Waals surface area contributed by atoms with Crippen LogP contribution in [-0.2, 0) is 6.42 Å². The highest BCUT2D eigenvalue weighted by atomic mass is 16.2. The highest BCUT2D eigenvalue weighted by Gasteiger charge is 2.42. The summed E-state index contributed by atoms with van der Waals surface area (Å²) in [5.74, 6) is 0.560. The zero-order valence-corrected chi connectivity index (χ0v) is 15.2. The lowest BCUT2D eigenvalue weighted by Gasteiger charge is -2.51. The largest absolute Gasteiger partial charge is 0.333 e. The zero-order valence-electron chi connectivity index (χ0n) is 15.2. The van der Waals surface area contributed by atoms with E-state index in [0.717, 1.165) is 30.8 Å². The number of urea groups is 1. The molecule has 0 aliphatic carbocycles. The molecule has 0 spiro atoms. The van der Waals surface area contributed by atoms with Gasteiger partial charge in [0.25, 0.3) is 0 Å². The number of hydrogen-bond acceptors (Lipinski definition) is 3. The summed E-state index contributed by atoms with van der Waals surface area (Å²) < 4.78 is 0. The molecule has 2 aromatic rings. The minimum absolute atomic E-state index is 0.106. The fraction of sp³-hybridized carbons (Fsp3) is 0.429. The second-order valence-corrected chi connectivity index (χ2v) is 7.50. The molecule has 3 aliphatic rings. The van der Waals surface area contributed by atoms with Gasteiger partial charge in [-0.25, -0.2) is 4.79 Å². The molecule has 5 nitrogen and oxygen atoms in total. The quantitative estimate of drug-likeness (QED) is 0.890. The molecule has 3 fully saturated rings. The average Bonchev–Trinajstić information content (AvgIpc) is 2.65. The predicted octanol–water partition coefficient (Wildman–Crippen LogP) is 3.22. The summed E-state index contributed by atoms with van der Waals surface area (Å²) in [5, 5.41) is 6.27. The van der Waals surface area contributed by atoms with E-state index in [-0.39, 0.29) is 12.1 Å². The van der Waals surface area contributed by atoms with Crippen LogP contribution >= 0.6 is 0 Å². The first-order valence-corrected chi connectivity index (χ1v) is 9.46. The Balaban J connectivity index is 1.46. The Morgan fingerprint density at radius 2 is 2.08 bits per heavy atom. The van der Waals surface area contributed by atoms with Crippen molar-refractivity contribution in [2.45, 2.75) is 38.3 Å². The maximum Gasteiger partial charge on any atom is 0.319 e. The molecule has 5 rings (SSSR count). The van der Waals surface area contributed by atoms with E-state index < -0.39 is 0 Å². The molecule has 2 bridgehead atoms. The number of rotatable bonds is 4. The molecule has 3 aliphatic heterocycles. The number of hydrogen-bond donors (Lipinski definition) is 2. The maximum atomic E-state index is 12.6. The van der Waals surface area contributed by atoms with Gasteiger partial charge < -0.3 is 10.6 Å². The predicted molar refractivity (Wildman–Crippen MR) is 103 cm³/mol. The Morgan fingerprint density at radius 1 is 1.23 bits per heavy atom. The normalized spacial score (nSPS) is 27.1. The molecule has 5 heteroatoms. The van der Waals surface area contributed by atoms with Crippen molar-refractivity contribution in [3.05, 3.63) is 59.9 Å². The van der Waals surface area contributed by atoms with Gasteiger partial charge >= 0.3 is 6.03 Å². The van der Waals surface area contributed by atoms with Crippen LogP contribution in [0, 0.1) is 12.8 Å². The van der Waals surface area contributed by atoms with E-state index in [1.165, 1.54) is 18.4 Å². The van der Waals surface area contributed by atoms with Gasteiger partial charge in [0.05, 0.1) is 0 Å². The van der Waals surface area contributed by atoms with Crippen molar-refractivity contribution in [3.63, 3.8) is 0 Å². The number of aromatic nitrogens is 1. The van der Waals surface area contributed by atoms with Crippen LogP contribution in [0.4, 0.5) is 10.5 Å². The Morgan fingerprint density at radius 3 is 2.81 bits per heavy atom. The Kier molecular flexibility index (Phi) is 4.89. The van der Waals surface area contributed by atoms with Crippen LogP contribution in [0.25, 0.3) is 0 Å². The van der Waals surface area contributed by atoms with Gasteiger partial charge in [-0.2, -0.15) is 0 Å². The van der Waals surface area contributed by atoms with Crippen LogP contribution in [0.3, 0.4) is 0 Å². The second-order valence-electron chi connectivity index (χ2n) is 7.50. The van der Waals surface area contributed by atoms with Gasteiger partial charge in [-0.15, -0.1) is 0 Å². The van der Waals surface area contributed by atoms with Gasteiger partial charge in [0.1, 0.15) is 0 Å².